The van der Waals surface area contributed by atoms with Crippen LogP contribution in [-0.4, -0.2) is 7.11 Å². The third-order valence-corrected chi connectivity index (χ3v) is 4.02. The molecular weight excluding hydrogens is 314 g/mol. The Morgan fingerprint density at radius 2 is 1.85 bits per heavy atom. The van der Waals surface area contributed by atoms with Gasteiger partial charge in [0.15, 0.2) is 0 Å². The van der Waals surface area contributed by atoms with Gasteiger partial charge in [0, 0.05) is 10.0 Å². The normalized spacial score (nSPS) is 12.1. The summed E-state index contributed by atoms with van der Waals surface area (Å²) < 4.78 is 6.53. The highest BCUT2D eigenvalue weighted by Gasteiger charge is 2.13. The number of nitrogens with one attached hydrogen (secondary N) is 1. The number of para-hydroxylation sites is 1. The number of rotatable bonds is 4. The molecule has 0 bridgehead atoms. The zero-order valence-corrected chi connectivity index (χ0v) is 13.9. The maximum Gasteiger partial charge on any atom is 0.124 e. The summed E-state index contributed by atoms with van der Waals surface area (Å²) in [6, 6.07) is 12.6. The minimum atomic E-state index is 0.170. The highest BCUT2D eigenvalue weighted by molar-refractivity contribution is 9.10. The third kappa shape index (κ3) is 3.15. The van der Waals surface area contributed by atoms with Crippen molar-refractivity contribution in [1.82, 2.24) is 0 Å². The van der Waals surface area contributed by atoms with Crippen molar-refractivity contribution in [3.8, 4) is 5.75 Å². The highest BCUT2D eigenvalue weighted by atomic mass is 79.9. The van der Waals surface area contributed by atoms with Gasteiger partial charge in [-0.05, 0) is 60.0 Å². The molecular formula is C17H20BrNO. The van der Waals surface area contributed by atoms with E-state index < -0.39 is 0 Å². The van der Waals surface area contributed by atoms with Crippen LogP contribution in [0.2, 0.25) is 0 Å². The summed E-state index contributed by atoms with van der Waals surface area (Å²) in [6.07, 6.45) is 0. The Kier molecular flexibility index (Phi) is 4.71. The SMILES string of the molecule is COc1ccccc1C(C)Nc1c(C)cc(C)cc1Br. The lowest BCUT2D eigenvalue weighted by Crippen LogP contribution is -2.09. The van der Waals surface area contributed by atoms with E-state index in [4.69, 9.17) is 4.74 Å². The van der Waals surface area contributed by atoms with Gasteiger partial charge in [-0.15, -0.1) is 0 Å². The summed E-state index contributed by atoms with van der Waals surface area (Å²) in [5, 5.41) is 3.57. The van der Waals surface area contributed by atoms with Crippen molar-refractivity contribution in [2.75, 3.05) is 12.4 Å². The van der Waals surface area contributed by atoms with Crippen molar-refractivity contribution < 1.29 is 4.74 Å². The fourth-order valence-corrected chi connectivity index (χ4v) is 3.21. The van der Waals surface area contributed by atoms with Crippen LogP contribution in [0.5, 0.6) is 5.75 Å². The molecule has 0 spiro atoms. The first-order chi connectivity index (χ1) is 9.52. The highest BCUT2D eigenvalue weighted by Crippen LogP contribution is 2.33. The molecule has 0 radical (unpaired) electrons. The molecule has 106 valence electrons. The predicted octanol–water partition coefficient (Wildman–Crippen LogP) is 5.25. The van der Waals surface area contributed by atoms with E-state index in [0.29, 0.717) is 0 Å². The van der Waals surface area contributed by atoms with Crippen LogP contribution in [0.25, 0.3) is 0 Å². The molecule has 20 heavy (non-hydrogen) atoms. The predicted molar refractivity (Wildman–Crippen MR) is 88.6 cm³/mol. The van der Waals surface area contributed by atoms with Crippen LogP contribution in [0.1, 0.15) is 29.7 Å². The number of anilines is 1. The van der Waals surface area contributed by atoms with E-state index in [1.165, 1.54) is 11.1 Å². The van der Waals surface area contributed by atoms with Crippen LogP contribution in [0, 0.1) is 13.8 Å². The molecule has 0 aliphatic rings. The van der Waals surface area contributed by atoms with Crippen molar-refractivity contribution in [2.24, 2.45) is 0 Å². The van der Waals surface area contributed by atoms with Gasteiger partial charge in [-0.1, -0.05) is 24.3 Å². The van der Waals surface area contributed by atoms with Crippen LogP contribution >= 0.6 is 15.9 Å². The quantitative estimate of drug-likeness (QED) is 0.825. The molecule has 3 heteroatoms. The molecule has 0 heterocycles. The second-order valence-corrected chi connectivity index (χ2v) is 5.90. The van der Waals surface area contributed by atoms with E-state index in [1.807, 2.05) is 18.2 Å². The molecule has 2 aromatic rings. The largest absolute Gasteiger partial charge is 0.496 e. The van der Waals surface area contributed by atoms with Crippen molar-refractivity contribution in [2.45, 2.75) is 26.8 Å². The van der Waals surface area contributed by atoms with Crippen molar-refractivity contribution >= 4 is 21.6 Å². The van der Waals surface area contributed by atoms with E-state index in [0.717, 1.165) is 21.5 Å². The van der Waals surface area contributed by atoms with Gasteiger partial charge in [0.2, 0.25) is 0 Å². The van der Waals surface area contributed by atoms with Crippen LogP contribution < -0.4 is 10.1 Å². The lowest BCUT2D eigenvalue weighted by atomic mass is 10.1. The Morgan fingerprint density at radius 3 is 2.50 bits per heavy atom. The Labute approximate surface area is 129 Å². The van der Waals surface area contributed by atoms with Crippen molar-refractivity contribution in [3.63, 3.8) is 0 Å². The smallest absolute Gasteiger partial charge is 0.124 e. The molecule has 1 unspecified atom stereocenters. The number of halogens is 1. The maximum absolute atomic E-state index is 5.43. The lowest BCUT2D eigenvalue weighted by Gasteiger charge is -2.21. The van der Waals surface area contributed by atoms with Gasteiger partial charge in [-0.25, -0.2) is 0 Å². The van der Waals surface area contributed by atoms with E-state index >= 15 is 0 Å². The van der Waals surface area contributed by atoms with Crippen LogP contribution in [-0.2, 0) is 0 Å². The van der Waals surface area contributed by atoms with E-state index in [-0.39, 0.29) is 6.04 Å². The van der Waals surface area contributed by atoms with E-state index in [1.54, 1.807) is 7.11 Å². The summed E-state index contributed by atoms with van der Waals surface area (Å²) >= 11 is 3.64. The molecule has 2 nitrogen and oxygen atoms in total. The molecule has 0 fully saturated rings. The van der Waals surface area contributed by atoms with Crippen LogP contribution in [0.15, 0.2) is 40.9 Å². The van der Waals surface area contributed by atoms with Crippen LogP contribution in [0.3, 0.4) is 0 Å². The number of hydrogen-bond acceptors (Lipinski definition) is 2. The first-order valence-electron chi connectivity index (χ1n) is 6.69. The number of benzene rings is 2. The summed E-state index contributed by atoms with van der Waals surface area (Å²) in [5.74, 6) is 0.911. The minimum absolute atomic E-state index is 0.170. The van der Waals surface area contributed by atoms with Gasteiger partial charge in [-0.3, -0.25) is 0 Å². The number of hydrogen-bond donors (Lipinski definition) is 1. The fourth-order valence-electron chi connectivity index (χ4n) is 2.42. The Hall–Kier alpha value is -1.48. The Bertz CT molecular complexity index is 587. The Balaban J connectivity index is 2.30. The monoisotopic (exact) mass is 333 g/mol. The second-order valence-electron chi connectivity index (χ2n) is 5.05. The van der Waals surface area contributed by atoms with Gasteiger partial charge >= 0.3 is 0 Å². The molecule has 1 atom stereocenters. The van der Waals surface area contributed by atoms with Gasteiger partial charge in [0.1, 0.15) is 5.75 Å². The molecule has 0 aromatic heterocycles. The van der Waals surface area contributed by atoms with Crippen molar-refractivity contribution in [1.29, 1.82) is 0 Å². The van der Waals surface area contributed by atoms with E-state index in [9.17, 15) is 0 Å². The molecule has 0 amide bonds. The van der Waals surface area contributed by atoms with Crippen molar-refractivity contribution in [3.05, 3.63) is 57.6 Å². The molecule has 0 aliphatic carbocycles. The molecule has 1 N–H and O–H groups in total. The average Bonchev–Trinajstić information content (AvgIpc) is 2.42. The number of methoxy groups -OCH3 is 1. The summed E-state index contributed by atoms with van der Waals surface area (Å²) in [7, 11) is 1.71. The van der Waals surface area contributed by atoms with Gasteiger partial charge in [0.25, 0.3) is 0 Å². The molecule has 0 saturated heterocycles. The van der Waals surface area contributed by atoms with Crippen LogP contribution in [0.4, 0.5) is 5.69 Å². The Morgan fingerprint density at radius 1 is 1.15 bits per heavy atom. The zero-order valence-electron chi connectivity index (χ0n) is 12.3. The number of aryl methyl sites for hydroxylation is 2. The lowest BCUT2D eigenvalue weighted by molar-refractivity contribution is 0.408. The zero-order chi connectivity index (χ0) is 14.7. The first-order valence-corrected chi connectivity index (χ1v) is 7.48. The molecule has 2 aromatic carbocycles. The third-order valence-electron chi connectivity index (χ3n) is 3.40. The minimum Gasteiger partial charge on any atom is -0.496 e. The molecule has 2 rings (SSSR count). The molecule has 0 aliphatic heterocycles. The first kappa shape index (κ1) is 14.9. The number of ether oxygens (including phenoxy) is 1. The maximum atomic E-state index is 5.43. The summed E-state index contributed by atoms with van der Waals surface area (Å²) in [6.45, 7) is 6.36. The summed E-state index contributed by atoms with van der Waals surface area (Å²) in [5.41, 5.74) is 4.78. The summed E-state index contributed by atoms with van der Waals surface area (Å²) in [4.78, 5) is 0. The molecule has 0 saturated carbocycles. The second kappa shape index (κ2) is 6.31. The van der Waals surface area contributed by atoms with Gasteiger partial charge in [-0.2, -0.15) is 0 Å². The van der Waals surface area contributed by atoms with Gasteiger partial charge < -0.3 is 10.1 Å². The van der Waals surface area contributed by atoms with Gasteiger partial charge in [0.05, 0.1) is 18.8 Å². The average molecular weight is 334 g/mol. The fraction of sp³-hybridized carbons (Fsp3) is 0.294. The topological polar surface area (TPSA) is 21.3 Å². The standard InChI is InChI=1S/C17H20BrNO/c1-11-9-12(2)17(15(18)10-11)19-13(3)14-7-5-6-8-16(14)20-4/h5-10,13,19H,1-4H3. The van der Waals surface area contributed by atoms with E-state index in [2.05, 4.69) is 60.2 Å².